The highest BCUT2D eigenvalue weighted by Gasteiger charge is 2.39. The van der Waals surface area contributed by atoms with Crippen molar-refractivity contribution in [3.8, 4) is 0 Å². The van der Waals surface area contributed by atoms with Gasteiger partial charge in [-0.1, -0.05) is 13.3 Å². The van der Waals surface area contributed by atoms with Crippen molar-refractivity contribution < 1.29 is 9.53 Å². The fraction of sp³-hybridized carbons (Fsp3) is 0.933. The first kappa shape index (κ1) is 16.4. The summed E-state index contributed by atoms with van der Waals surface area (Å²) in [5.41, 5.74) is -0.590. The number of carbonyl (C=O) groups excluding carboxylic acids is 1. The molecule has 2 atom stereocenters. The largest absolute Gasteiger partial charge is 0.468 e. The minimum Gasteiger partial charge on any atom is -0.468 e. The lowest BCUT2D eigenvalue weighted by Gasteiger charge is -2.35. The molecule has 0 spiro atoms. The predicted molar refractivity (Wildman–Crippen MR) is 78.2 cm³/mol. The molecule has 4 nitrogen and oxygen atoms in total. The Morgan fingerprint density at radius 2 is 2.16 bits per heavy atom. The van der Waals surface area contributed by atoms with E-state index in [-0.39, 0.29) is 5.97 Å². The summed E-state index contributed by atoms with van der Waals surface area (Å²) in [7, 11) is 3.29. The molecule has 4 heteroatoms. The van der Waals surface area contributed by atoms with Crippen LogP contribution in [0.2, 0.25) is 0 Å². The summed E-state index contributed by atoms with van der Waals surface area (Å²) in [5.74, 6) is -0.173. The van der Waals surface area contributed by atoms with Crippen LogP contribution in [-0.4, -0.2) is 49.2 Å². The van der Waals surface area contributed by atoms with E-state index in [1.165, 1.54) is 32.8 Å². The third-order valence-electron chi connectivity index (χ3n) is 4.24. The lowest BCUT2D eigenvalue weighted by Crippen LogP contribution is -2.53. The summed E-state index contributed by atoms with van der Waals surface area (Å²) in [4.78, 5) is 14.5. The molecule has 0 heterocycles. The summed E-state index contributed by atoms with van der Waals surface area (Å²) in [6.45, 7) is 7.53. The Hall–Kier alpha value is -0.610. The highest BCUT2D eigenvalue weighted by molar-refractivity contribution is 5.80. The second-order valence-electron chi connectivity index (χ2n) is 5.95. The highest BCUT2D eigenvalue weighted by atomic mass is 16.5. The van der Waals surface area contributed by atoms with Crippen molar-refractivity contribution >= 4 is 5.97 Å². The monoisotopic (exact) mass is 270 g/mol. The minimum atomic E-state index is -0.590. The zero-order chi connectivity index (χ0) is 14.5. The van der Waals surface area contributed by atoms with E-state index in [0.717, 1.165) is 19.0 Å². The minimum absolute atomic E-state index is 0.173. The SMILES string of the molecule is CCCCN(C(C)CC(C)(NC)C(=O)OC)C1CC1. The Morgan fingerprint density at radius 3 is 2.58 bits per heavy atom. The summed E-state index contributed by atoms with van der Waals surface area (Å²) >= 11 is 0. The van der Waals surface area contributed by atoms with Gasteiger partial charge in [-0.05, 0) is 53.1 Å². The van der Waals surface area contributed by atoms with E-state index in [2.05, 4.69) is 24.1 Å². The molecule has 1 aliphatic carbocycles. The third-order valence-corrected chi connectivity index (χ3v) is 4.24. The van der Waals surface area contributed by atoms with Crippen molar-refractivity contribution in [1.29, 1.82) is 0 Å². The van der Waals surface area contributed by atoms with Crippen molar-refractivity contribution in [2.45, 2.75) is 70.5 Å². The van der Waals surface area contributed by atoms with Crippen LogP contribution < -0.4 is 5.32 Å². The summed E-state index contributed by atoms with van der Waals surface area (Å²) in [6, 6.07) is 1.14. The van der Waals surface area contributed by atoms with Crippen molar-refractivity contribution in [3.63, 3.8) is 0 Å². The molecule has 1 rings (SSSR count). The van der Waals surface area contributed by atoms with Gasteiger partial charge in [0.05, 0.1) is 7.11 Å². The van der Waals surface area contributed by atoms with Gasteiger partial charge in [-0.25, -0.2) is 0 Å². The number of esters is 1. The van der Waals surface area contributed by atoms with Gasteiger partial charge in [0.1, 0.15) is 5.54 Å². The van der Waals surface area contributed by atoms with E-state index in [1.807, 2.05) is 14.0 Å². The fourth-order valence-electron chi connectivity index (χ4n) is 2.73. The Balaban J connectivity index is 2.63. The van der Waals surface area contributed by atoms with Gasteiger partial charge in [-0.2, -0.15) is 0 Å². The van der Waals surface area contributed by atoms with Crippen LogP contribution in [0.5, 0.6) is 0 Å². The first-order valence-corrected chi connectivity index (χ1v) is 7.51. The number of rotatable bonds is 9. The lowest BCUT2D eigenvalue weighted by atomic mass is 9.93. The van der Waals surface area contributed by atoms with Crippen LogP contribution in [0.4, 0.5) is 0 Å². The lowest BCUT2D eigenvalue weighted by molar-refractivity contribution is -0.148. The van der Waals surface area contributed by atoms with Gasteiger partial charge in [-0.15, -0.1) is 0 Å². The summed E-state index contributed by atoms with van der Waals surface area (Å²) in [5, 5.41) is 3.13. The molecule has 0 radical (unpaired) electrons. The predicted octanol–water partition coefficient (Wildman–Crippen LogP) is 2.18. The standard InChI is InChI=1S/C15H30N2O2/c1-6-7-10-17(13-8-9-13)12(2)11-15(3,16-4)14(18)19-5/h12-13,16H,6-11H2,1-5H3. The number of unbranched alkanes of at least 4 members (excludes halogenated alkanes) is 1. The van der Waals surface area contributed by atoms with Crippen LogP contribution in [0.1, 0.15) is 52.9 Å². The maximum Gasteiger partial charge on any atom is 0.325 e. The van der Waals surface area contributed by atoms with Crippen molar-refractivity contribution in [3.05, 3.63) is 0 Å². The van der Waals surface area contributed by atoms with Crippen LogP contribution in [0.3, 0.4) is 0 Å². The van der Waals surface area contributed by atoms with E-state index in [4.69, 9.17) is 4.74 Å². The van der Waals surface area contributed by atoms with Crippen molar-refractivity contribution in [2.24, 2.45) is 0 Å². The van der Waals surface area contributed by atoms with Crippen LogP contribution >= 0.6 is 0 Å². The first-order valence-electron chi connectivity index (χ1n) is 7.51. The van der Waals surface area contributed by atoms with Gasteiger partial charge in [0.15, 0.2) is 0 Å². The number of nitrogens with one attached hydrogen (secondary N) is 1. The Bertz CT molecular complexity index is 292. The quantitative estimate of drug-likeness (QED) is 0.652. The second kappa shape index (κ2) is 7.25. The van der Waals surface area contributed by atoms with Crippen LogP contribution in [0.25, 0.3) is 0 Å². The smallest absolute Gasteiger partial charge is 0.325 e. The molecule has 2 unspecified atom stereocenters. The van der Waals surface area contributed by atoms with E-state index in [9.17, 15) is 4.79 Å². The number of carbonyl (C=O) groups is 1. The molecule has 0 aromatic heterocycles. The molecule has 0 aromatic rings. The number of methoxy groups -OCH3 is 1. The van der Waals surface area contributed by atoms with Gasteiger partial charge in [0.2, 0.25) is 0 Å². The molecule has 0 amide bonds. The van der Waals surface area contributed by atoms with Gasteiger partial charge >= 0.3 is 5.97 Å². The van der Waals surface area contributed by atoms with Crippen LogP contribution in [0.15, 0.2) is 0 Å². The number of likely N-dealkylation sites (N-methyl/N-ethyl adjacent to an activating group) is 1. The highest BCUT2D eigenvalue weighted by Crippen LogP contribution is 2.31. The fourth-order valence-corrected chi connectivity index (χ4v) is 2.73. The molecule has 1 aliphatic rings. The van der Waals surface area contributed by atoms with Gasteiger partial charge in [0.25, 0.3) is 0 Å². The number of hydrogen-bond acceptors (Lipinski definition) is 4. The third kappa shape index (κ3) is 4.46. The van der Waals surface area contributed by atoms with E-state index in [1.54, 1.807) is 0 Å². The molecular weight excluding hydrogens is 240 g/mol. The van der Waals surface area contributed by atoms with Crippen molar-refractivity contribution in [1.82, 2.24) is 10.2 Å². The maximum atomic E-state index is 11.9. The van der Waals surface area contributed by atoms with Crippen LogP contribution in [-0.2, 0) is 9.53 Å². The average Bonchev–Trinajstić information content (AvgIpc) is 3.22. The van der Waals surface area contributed by atoms with Gasteiger partial charge in [0, 0.05) is 12.1 Å². The first-order chi connectivity index (χ1) is 8.98. The Labute approximate surface area is 117 Å². The molecule has 1 saturated carbocycles. The topological polar surface area (TPSA) is 41.6 Å². The number of ether oxygens (including phenoxy) is 1. The molecule has 0 saturated heterocycles. The number of nitrogens with zero attached hydrogens (tertiary/aromatic N) is 1. The molecule has 1 N–H and O–H groups in total. The molecule has 0 aliphatic heterocycles. The van der Waals surface area contributed by atoms with Gasteiger partial charge in [-0.3, -0.25) is 9.69 Å². The molecule has 1 fully saturated rings. The van der Waals surface area contributed by atoms with E-state index >= 15 is 0 Å². The zero-order valence-corrected chi connectivity index (χ0v) is 13.2. The average molecular weight is 270 g/mol. The normalized spacial score (nSPS) is 20.1. The van der Waals surface area contributed by atoms with Crippen LogP contribution in [0, 0.1) is 0 Å². The molecule has 19 heavy (non-hydrogen) atoms. The van der Waals surface area contributed by atoms with E-state index < -0.39 is 5.54 Å². The number of hydrogen-bond donors (Lipinski definition) is 1. The van der Waals surface area contributed by atoms with Gasteiger partial charge < -0.3 is 10.1 Å². The summed E-state index contributed by atoms with van der Waals surface area (Å²) < 4.78 is 4.92. The second-order valence-corrected chi connectivity index (χ2v) is 5.95. The molecule has 0 aromatic carbocycles. The van der Waals surface area contributed by atoms with E-state index in [0.29, 0.717) is 6.04 Å². The molecule has 0 bridgehead atoms. The molecule has 112 valence electrons. The maximum absolute atomic E-state index is 11.9. The van der Waals surface area contributed by atoms with Crippen molar-refractivity contribution in [2.75, 3.05) is 20.7 Å². The Kier molecular flexibility index (Phi) is 6.27. The summed E-state index contributed by atoms with van der Waals surface area (Å²) in [6.07, 6.45) is 5.85. The molecular formula is C15H30N2O2. The Morgan fingerprint density at radius 1 is 1.53 bits per heavy atom. The zero-order valence-electron chi connectivity index (χ0n) is 13.2.